The molecular formula is C11H14N2O2S. The first-order chi connectivity index (χ1) is 7.45. The molecule has 86 valence electrons. The number of hydrogen-bond acceptors (Lipinski definition) is 3. The largest absolute Gasteiger partial charge is 0.496 e. The summed E-state index contributed by atoms with van der Waals surface area (Å²) in [7, 11) is 1.56. The average molecular weight is 238 g/mol. The average Bonchev–Trinajstić information content (AvgIpc) is 2.18. The van der Waals surface area contributed by atoms with Crippen molar-refractivity contribution >= 4 is 23.1 Å². The standard InChI is InChI=1S/C11H14N2O2S/c1-6-3-9(15-2)7(5-10(12)16)4-8(6)11(13)14/h3-4H,5H2,1-2H3,(H2,12,16)(H2,13,14). The Bertz CT molecular complexity index is 444. The molecule has 16 heavy (non-hydrogen) atoms. The molecule has 0 unspecified atom stereocenters. The van der Waals surface area contributed by atoms with Gasteiger partial charge in [-0.25, -0.2) is 0 Å². The molecule has 1 amide bonds. The molecular weight excluding hydrogens is 224 g/mol. The third-order valence-electron chi connectivity index (χ3n) is 2.26. The lowest BCUT2D eigenvalue weighted by molar-refractivity contribution is 0.0999. The van der Waals surface area contributed by atoms with Gasteiger partial charge in [-0.2, -0.15) is 0 Å². The summed E-state index contributed by atoms with van der Waals surface area (Å²) < 4.78 is 5.19. The van der Waals surface area contributed by atoms with E-state index in [1.807, 2.05) is 0 Å². The van der Waals surface area contributed by atoms with Gasteiger partial charge in [0.25, 0.3) is 0 Å². The Kier molecular flexibility index (Phi) is 3.84. The van der Waals surface area contributed by atoms with E-state index in [2.05, 4.69) is 0 Å². The maximum Gasteiger partial charge on any atom is 0.248 e. The highest BCUT2D eigenvalue weighted by molar-refractivity contribution is 7.80. The number of amides is 1. The van der Waals surface area contributed by atoms with E-state index in [1.54, 1.807) is 26.2 Å². The normalized spacial score (nSPS) is 9.88. The Morgan fingerprint density at radius 1 is 1.44 bits per heavy atom. The van der Waals surface area contributed by atoms with Crippen molar-refractivity contribution in [1.82, 2.24) is 0 Å². The second-order valence-electron chi connectivity index (χ2n) is 3.49. The van der Waals surface area contributed by atoms with Crippen LogP contribution >= 0.6 is 12.2 Å². The van der Waals surface area contributed by atoms with Crippen LogP contribution in [0, 0.1) is 6.92 Å². The first-order valence-corrected chi connectivity index (χ1v) is 5.12. The molecule has 0 fully saturated rings. The second kappa shape index (κ2) is 4.94. The van der Waals surface area contributed by atoms with Crippen LogP contribution in [0.15, 0.2) is 12.1 Å². The van der Waals surface area contributed by atoms with Gasteiger partial charge in [0.05, 0.1) is 12.1 Å². The number of ether oxygens (including phenoxy) is 1. The van der Waals surface area contributed by atoms with Crippen LogP contribution in [0.25, 0.3) is 0 Å². The topological polar surface area (TPSA) is 78.3 Å². The molecule has 0 saturated carbocycles. The molecule has 0 aromatic heterocycles. The minimum absolute atomic E-state index is 0.345. The van der Waals surface area contributed by atoms with E-state index in [4.69, 9.17) is 28.4 Å². The van der Waals surface area contributed by atoms with Crippen molar-refractivity contribution in [2.24, 2.45) is 11.5 Å². The molecule has 1 aromatic rings. The Balaban J connectivity index is 3.28. The summed E-state index contributed by atoms with van der Waals surface area (Å²) in [6.07, 6.45) is 0.388. The van der Waals surface area contributed by atoms with E-state index >= 15 is 0 Å². The number of hydrogen-bond donors (Lipinski definition) is 2. The van der Waals surface area contributed by atoms with Crippen molar-refractivity contribution in [3.05, 3.63) is 28.8 Å². The molecule has 0 spiro atoms. The van der Waals surface area contributed by atoms with Crippen LogP contribution in [0.2, 0.25) is 0 Å². The van der Waals surface area contributed by atoms with Crippen LogP contribution in [0.4, 0.5) is 0 Å². The molecule has 0 aliphatic heterocycles. The summed E-state index contributed by atoms with van der Waals surface area (Å²) in [6, 6.07) is 3.43. The molecule has 0 aliphatic rings. The Morgan fingerprint density at radius 2 is 2.06 bits per heavy atom. The predicted molar refractivity (Wildman–Crippen MR) is 66.7 cm³/mol. The van der Waals surface area contributed by atoms with Crippen molar-refractivity contribution in [2.45, 2.75) is 13.3 Å². The van der Waals surface area contributed by atoms with Crippen molar-refractivity contribution in [1.29, 1.82) is 0 Å². The highest BCUT2D eigenvalue weighted by Gasteiger charge is 2.12. The number of primary amides is 1. The highest BCUT2D eigenvalue weighted by atomic mass is 32.1. The number of nitrogens with two attached hydrogens (primary N) is 2. The minimum Gasteiger partial charge on any atom is -0.496 e. The van der Waals surface area contributed by atoms with Gasteiger partial charge in [-0.1, -0.05) is 12.2 Å². The van der Waals surface area contributed by atoms with Crippen molar-refractivity contribution in [3.8, 4) is 5.75 Å². The number of aryl methyl sites for hydroxylation is 1. The summed E-state index contributed by atoms with van der Waals surface area (Å²) in [5, 5.41) is 0. The molecule has 1 rings (SSSR count). The summed E-state index contributed by atoms with van der Waals surface area (Å²) in [4.78, 5) is 11.5. The zero-order chi connectivity index (χ0) is 12.3. The molecule has 5 heteroatoms. The number of carbonyl (C=O) groups is 1. The number of methoxy groups -OCH3 is 1. The zero-order valence-corrected chi connectivity index (χ0v) is 10.1. The number of carbonyl (C=O) groups excluding carboxylic acids is 1. The van der Waals surface area contributed by atoms with E-state index in [0.717, 1.165) is 11.1 Å². The number of rotatable bonds is 4. The smallest absolute Gasteiger partial charge is 0.248 e. The van der Waals surface area contributed by atoms with Crippen LogP contribution in [-0.2, 0) is 6.42 Å². The van der Waals surface area contributed by atoms with Gasteiger partial charge in [0.1, 0.15) is 5.75 Å². The van der Waals surface area contributed by atoms with Crippen molar-refractivity contribution in [3.63, 3.8) is 0 Å². The Labute approximate surface area is 99.6 Å². The van der Waals surface area contributed by atoms with Gasteiger partial charge in [-0.3, -0.25) is 4.79 Å². The first-order valence-electron chi connectivity index (χ1n) is 4.71. The summed E-state index contributed by atoms with van der Waals surface area (Å²) in [5.41, 5.74) is 12.7. The van der Waals surface area contributed by atoms with E-state index in [9.17, 15) is 4.79 Å². The predicted octanol–water partition coefficient (Wildman–Crippen LogP) is 0.931. The second-order valence-corrected chi connectivity index (χ2v) is 4.01. The lowest BCUT2D eigenvalue weighted by atomic mass is 10.0. The molecule has 4 N–H and O–H groups in total. The van der Waals surface area contributed by atoms with Gasteiger partial charge in [-0.15, -0.1) is 0 Å². The molecule has 0 heterocycles. The summed E-state index contributed by atoms with van der Waals surface area (Å²) >= 11 is 4.83. The maximum atomic E-state index is 11.2. The molecule has 0 radical (unpaired) electrons. The Morgan fingerprint density at radius 3 is 2.50 bits per heavy atom. The lowest BCUT2D eigenvalue weighted by Gasteiger charge is -2.11. The summed E-state index contributed by atoms with van der Waals surface area (Å²) in [6.45, 7) is 1.80. The van der Waals surface area contributed by atoms with Crippen molar-refractivity contribution < 1.29 is 9.53 Å². The van der Waals surface area contributed by atoms with E-state index in [-0.39, 0.29) is 0 Å². The molecule has 0 atom stereocenters. The lowest BCUT2D eigenvalue weighted by Crippen LogP contribution is -2.16. The van der Waals surface area contributed by atoms with E-state index < -0.39 is 5.91 Å². The molecule has 1 aromatic carbocycles. The fourth-order valence-electron chi connectivity index (χ4n) is 1.51. The monoisotopic (exact) mass is 238 g/mol. The maximum absolute atomic E-state index is 11.2. The minimum atomic E-state index is -0.468. The fraction of sp³-hybridized carbons (Fsp3) is 0.273. The Hall–Kier alpha value is -1.62. The van der Waals surface area contributed by atoms with Gasteiger partial charge >= 0.3 is 0 Å². The van der Waals surface area contributed by atoms with Gasteiger partial charge in [0.2, 0.25) is 5.91 Å². The molecule has 0 saturated heterocycles. The van der Waals surface area contributed by atoms with E-state index in [1.165, 1.54) is 0 Å². The first kappa shape index (κ1) is 12.4. The van der Waals surface area contributed by atoms with Crippen LogP contribution < -0.4 is 16.2 Å². The van der Waals surface area contributed by atoms with Crippen LogP contribution in [0.5, 0.6) is 5.75 Å². The van der Waals surface area contributed by atoms with Crippen molar-refractivity contribution in [2.75, 3.05) is 7.11 Å². The quantitative estimate of drug-likeness (QED) is 0.765. The molecule has 4 nitrogen and oxygen atoms in total. The van der Waals surface area contributed by atoms with Gasteiger partial charge < -0.3 is 16.2 Å². The number of benzene rings is 1. The van der Waals surface area contributed by atoms with Gasteiger partial charge in [-0.05, 0) is 24.6 Å². The number of thiocarbonyl (C=S) groups is 1. The molecule has 0 bridgehead atoms. The van der Waals surface area contributed by atoms with Crippen LogP contribution in [0.3, 0.4) is 0 Å². The third-order valence-corrected chi connectivity index (χ3v) is 2.40. The van der Waals surface area contributed by atoms with Gasteiger partial charge in [0.15, 0.2) is 0 Å². The van der Waals surface area contributed by atoms with E-state index in [0.29, 0.717) is 22.7 Å². The fourth-order valence-corrected chi connectivity index (χ4v) is 1.66. The summed E-state index contributed by atoms with van der Waals surface area (Å²) in [5.74, 6) is 0.194. The molecule has 0 aliphatic carbocycles. The van der Waals surface area contributed by atoms with Crippen LogP contribution in [-0.4, -0.2) is 18.0 Å². The SMILES string of the molecule is COc1cc(C)c(C(N)=O)cc1CC(N)=S. The highest BCUT2D eigenvalue weighted by Crippen LogP contribution is 2.23. The van der Waals surface area contributed by atoms with Gasteiger partial charge in [0, 0.05) is 17.5 Å². The zero-order valence-electron chi connectivity index (χ0n) is 9.24. The third kappa shape index (κ3) is 2.70. The van der Waals surface area contributed by atoms with Crippen LogP contribution in [0.1, 0.15) is 21.5 Å².